The lowest BCUT2D eigenvalue weighted by molar-refractivity contribution is -0.310. The van der Waals surface area contributed by atoms with Crippen molar-refractivity contribution >= 4 is 26.9 Å². The fraction of sp³-hybridized carbons (Fsp3) is 0.750. The normalized spacial score (nSPS) is 8.11. The van der Waals surface area contributed by atoms with Crippen LogP contribution in [0.15, 0.2) is 0 Å². The minimum absolute atomic E-state index is 0.343. The molecule has 0 aromatic rings. The highest BCUT2D eigenvalue weighted by molar-refractivity contribution is 6.15. The summed E-state index contributed by atoms with van der Waals surface area (Å²) in [4.78, 5) is 9.59. The van der Waals surface area contributed by atoms with Crippen LogP contribution in [0.1, 0.15) is 13.8 Å². The molecular weight excluding hydrogens is 152 g/mol. The van der Waals surface area contributed by atoms with Gasteiger partial charge in [0, 0.05) is 5.97 Å². The Balaban J connectivity index is 0. The lowest BCUT2D eigenvalue weighted by Gasteiger charge is -2.01. The van der Waals surface area contributed by atoms with Crippen molar-refractivity contribution in [2.24, 2.45) is 5.92 Å². The average molecular weight is 159 g/mol. The lowest BCUT2D eigenvalue weighted by atomic mass is 10.2. The van der Waals surface area contributed by atoms with Crippen molar-refractivity contribution in [2.75, 3.05) is 0 Å². The summed E-state index contributed by atoms with van der Waals surface area (Å²) >= 11 is 0. The van der Waals surface area contributed by atoms with Gasteiger partial charge in [-0.2, -0.15) is 0 Å². The predicted molar refractivity (Wildman–Crippen MR) is 32.4 cm³/mol. The Bertz CT molecular complexity index is 74.2. The zero-order valence-electron chi connectivity index (χ0n) is 5.30. The molecule has 0 bridgehead atoms. The van der Waals surface area contributed by atoms with Crippen molar-refractivity contribution in [3.63, 3.8) is 0 Å². The van der Waals surface area contributed by atoms with E-state index < -0.39 is 5.97 Å². The lowest BCUT2D eigenvalue weighted by Crippen LogP contribution is -2.27. The van der Waals surface area contributed by atoms with Gasteiger partial charge >= 0.3 is 0 Å². The summed E-state index contributed by atoms with van der Waals surface area (Å²) in [6.07, 6.45) is 0. The van der Waals surface area contributed by atoms with Gasteiger partial charge in [-0.1, -0.05) is 13.8 Å². The van der Waals surface area contributed by atoms with Gasteiger partial charge in [-0.15, -0.1) is 0 Å². The quantitative estimate of drug-likeness (QED) is 0.440. The van der Waals surface area contributed by atoms with Gasteiger partial charge in [0.1, 0.15) is 0 Å². The standard InChI is InChI=1S/C4H8O2.OSi2/c1-3(2)4(5)6;2-1-3/h3H,1-2H3,(H,5,6);/p-1. The Morgan fingerprint density at radius 3 is 1.67 bits per heavy atom. The third-order valence-electron chi connectivity index (χ3n) is 0.471. The van der Waals surface area contributed by atoms with Gasteiger partial charge in [-0.05, 0) is 5.92 Å². The van der Waals surface area contributed by atoms with Crippen LogP contribution in [0.5, 0.6) is 0 Å². The fourth-order valence-electron chi connectivity index (χ4n) is 0. The van der Waals surface area contributed by atoms with Crippen LogP contribution in [0.3, 0.4) is 0 Å². The van der Waals surface area contributed by atoms with Crippen LogP contribution in [0.2, 0.25) is 0 Å². The molecule has 0 N–H and O–H groups in total. The van der Waals surface area contributed by atoms with Crippen LogP contribution >= 0.6 is 0 Å². The van der Waals surface area contributed by atoms with Crippen LogP contribution in [0, 0.1) is 5.92 Å². The number of carboxylic acid groups (broad SMARTS) is 1. The molecule has 0 fully saturated rings. The highest BCUT2D eigenvalue weighted by Crippen LogP contribution is 1.83. The molecule has 0 atom stereocenters. The van der Waals surface area contributed by atoms with Crippen LogP contribution < -0.4 is 5.11 Å². The third-order valence-corrected chi connectivity index (χ3v) is 0.471. The largest absolute Gasteiger partial charge is 0.550 e. The monoisotopic (exact) mass is 159 g/mol. The first kappa shape index (κ1) is 11.6. The van der Waals surface area contributed by atoms with E-state index in [1.165, 1.54) is 0 Å². The zero-order chi connectivity index (χ0) is 7.86. The highest BCUT2D eigenvalue weighted by Gasteiger charge is 1.87. The fourth-order valence-corrected chi connectivity index (χ4v) is 0. The van der Waals surface area contributed by atoms with E-state index in [-0.39, 0.29) is 5.92 Å². The molecule has 0 saturated heterocycles. The second kappa shape index (κ2) is 7.86. The molecule has 0 aliphatic heterocycles. The topological polar surface area (TPSA) is 49.4 Å². The minimum atomic E-state index is -0.991. The van der Waals surface area contributed by atoms with Gasteiger partial charge in [-0.25, -0.2) is 0 Å². The zero-order valence-corrected chi connectivity index (χ0v) is 7.30. The van der Waals surface area contributed by atoms with Crippen molar-refractivity contribution in [1.82, 2.24) is 0 Å². The molecule has 0 aliphatic carbocycles. The molecule has 6 radical (unpaired) electrons. The van der Waals surface area contributed by atoms with Crippen LogP contribution in [0.25, 0.3) is 0 Å². The van der Waals surface area contributed by atoms with Gasteiger partial charge in [0.15, 0.2) is 0 Å². The molecule has 50 valence electrons. The van der Waals surface area contributed by atoms with Gasteiger partial charge < -0.3 is 14.0 Å². The first-order valence-corrected chi connectivity index (χ1v) is 3.08. The minimum Gasteiger partial charge on any atom is -0.550 e. The summed E-state index contributed by atoms with van der Waals surface area (Å²) in [5.74, 6) is -1.33. The third kappa shape index (κ3) is 18.1. The summed E-state index contributed by atoms with van der Waals surface area (Å²) in [7, 11) is 5.19. The average Bonchev–Trinajstić information content (AvgIpc) is 1.68. The molecule has 0 spiro atoms. The van der Waals surface area contributed by atoms with E-state index in [4.69, 9.17) is 0 Å². The van der Waals surface area contributed by atoms with E-state index in [0.717, 1.165) is 0 Å². The Hall–Kier alpha value is -0.136. The summed E-state index contributed by atoms with van der Waals surface area (Å²) in [5.41, 5.74) is 0. The van der Waals surface area contributed by atoms with E-state index in [1.807, 2.05) is 0 Å². The predicted octanol–water partition coefficient (Wildman–Crippen LogP) is -1.44. The number of rotatable bonds is 1. The second-order valence-corrected chi connectivity index (χ2v) is 2.39. The molecule has 0 aromatic carbocycles. The molecule has 0 unspecified atom stereocenters. The molecular formula is C4H7O3Si2-. The number of hydrogen-bond acceptors (Lipinski definition) is 3. The van der Waals surface area contributed by atoms with E-state index in [2.05, 4.69) is 25.1 Å². The van der Waals surface area contributed by atoms with Gasteiger partial charge in [0.2, 0.25) is 21.0 Å². The molecule has 0 saturated carbocycles. The smallest absolute Gasteiger partial charge is 0.229 e. The maximum Gasteiger partial charge on any atom is 0.229 e. The Labute approximate surface area is 61.5 Å². The Morgan fingerprint density at radius 2 is 1.67 bits per heavy atom. The van der Waals surface area contributed by atoms with Crippen molar-refractivity contribution in [1.29, 1.82) is 0 Å². The number of carbonyl (C=O) groups is 1. The number of carboxylic acids is 1. The molecule has 0 aliphatic rings. The van der Waals surface area contributed by atoms with Gasteiger partial charge in [0.05, 0.1) is 0 Å². The van der Waals surface area contributed by atoms with Gasteiger partial charge in [0.25, 0.3) is 0 Å². The second-order valence-electron chi connectivity index (χ2n) is 1.58. The summed E-state index contributed by atoms with van der Waals surface area (Å²) < 4.78 is 3.86. The van der Waals surface area contributed by atoms with Crippen LogP contribution in [-0.4, -0.2) is 26.9 Å². The van der Waals surface area contributed by atoms with Crippen molar-refractivity contribution in [2.45, 2.75) is 13.8 Å². The summed E-state index contributed by atoms with van der Waals surface area (Å²) in [5, 5.41) is 9.59. The summed E-state index contributed by atoms with van der Waals surface area (Å²) in [6, 6.07) is 0. The first-order chi connectivity index (χ1) is 4.06. The number of aliphatic carboxylic acids is 1. The SMILES string of the molecule is CC(C)C(=O)[O-].[Si]O[Si]. The maximum absolute atomic E-state index is 9.59. The van der Waals surface area contributed by atoms with E-state index in [1.54, 1.807) is 13.8 Å². The van der Waals surface area contributed by atoms with Crippen molar-refractivity contribution in [3.8, 4) is 0 Å². The van der Waals surface area contributed by atoms with Crippen molar-refractivity contribution < 1.29 is 14.0 Å². The highest BCUT2D eigenvalue weighted by atomic mass is 28.3. The summed E-state index contributed by atoms with van der Waals surface area (Å²) in [6.45, 7) is 3.16. The van der Waals surface area contributed by atoms with Crippen molar-refractivity contribution in [3.05, 3.63) is 0 Å². The molecule has 0 rings (SSSR count). The van der Waals surface area contributed by atoms with Crippen LogP contribution in [0.4, 0.5) is 0 Å². The van der Waals surface area contributed by atoms with E-state index >= 15 is 0 Å². The van der Waals surface area contributed by atoms with E-state index in [0.29, 0.717) is 0 Å². The molecule has 0 aromatic heterocycles. The Morgan fingerprint density at radius 1 is 1.56 bits per heavy atom. The Kier molecular flexibility index (Phi) is 10.2. The molecule has 5 heteroatoms. The molecule has 0 amide bonds. The molecule has 3 nitrogen and oxygen atoms in total. The number of carbonyl (C=O) groups excluding carboxylic acids is 1. The van der Waals surface area contributed by atoms with E-state index in [9.17, 15) is 9.90 Å². The van der Waals surface area contributed by atoms with Crippen LogP contribution in [-0.2, 0) is 8.91 Å². The maximum atomic E-state index is 9.59. The molecule has 9 heavy (non-hydrogen) atoms. The number of hydrogen-bond donors (Lipinski definition) is 0. The first-order valence-electron chi connectivity index (χ1n) is 2.26. The van der Waals surface area contributed by atoms with Gasteiger partial charge in [-0.3, -0.25) is 0 Å². The molecule has 0 heterocycles.